The molecule has 106 valence electrons. The molecular weight excluding hydrogens is 264 g/mol. The van der Waals surface area contributed by atoms with Gasteiger partial charge in [0.2, 0.25) is 0 Å². The van der Waals surface area contributed by atoms with Crippen molar-refractivity contribution in [1.82, 2.24) is 14.9 Å². The molecular formula is C13H21ClN4O. The third kappa shape index (κ3) is 4.60. The van der Waals surface area contributed by atoms with Crippen LogP contribution in [0, 0.1) is 0 Å². The smallest absolute Gasteiger partial charge is 0.158 e. The number of halogens is 1. The van der Waals surface area contributed by atoms with Crippen molar-refractivity contribution in [3.05, 3.63) is 17.0 Å². The average Bonchev–Trinajstić information content (AvgIpc) is 2.38. The summed E-state index contributed by atoms with van der Waals surface area (Å²) >= 11 is 6.01. The van der Waals surface area contributed by atoms with E-state index in [2.05, 4.69) is 27.2 Å². The van der Waals surface area contributed by atoms with Crippen molar-refractivity contribution in [3.8, 4) is 0 Å². The third-order valence-electron chi connectivity index (χ3n) is 3.25. The van der Waals surface area contributed by atoms with Gasteiger partial charge in [-0.15, -0.1) is 0 Å². The molecule has 0 amide bonds. The number of aromatic nitrogens is 2. The molecule has 1 aromatic heterocycles. The number of ether oxygens (including phenoxy) is 1. The molecule has 0 atom stereocenters. The molecule has 0 aliphatic carbocycles. The summed E-state index contributed by atoms with van der Waals surface area (Å²) < 4.78 is 5.32. The Balaban J connectivity index is 1.97. The lowest BCUT2D eigenvalue weighted by Gasteiger charge is -2.29. The fraction of sp³-hybridized carbons (Fsp3) is 0.692. The summed E-state index contributed by atoms with van der Waals surface area (Å²) in [6.45, 7) is 5.22. The van der Waals surface area contributed by atoms with Crippen LogP contribution in [0.4, 0.5) is 5.82 Å². The molecule has 1 aromatic rings. The number of hydrogen-bond acceptors (Lipinski definition) is 5. The van der Waals surface area contributed by atoms with Gasteiger partial charge in [0, 0.05) is 18.7 Å². The topological polar surface area (TPSA) is 50.3 Å². The maximum atomic E-state index is 6.01. The number of anilines is 1. The second-order valence-electron chi connectivity index (χ2n) is 4.85. The van der Waals surface area contributed by atoms with Gasteiger partial charge in [0.1, 0.15) is 17.6 Å². The molecule has 0 unspecified atom stereocenters. The SMILES string of the molecule is CCOCc1nc(Cl)cc(NC2CCN(C)CC2)n1. The predicted molar refractivity (Wildman–Crippen MR) is 76.5 cm³/mol. The van der Waals surface area contributed by atoms with Crippen molar-refractivity contribution < 1.29 is 4.74 Å². The van der Waals surface area contributed by atoms with Crippen LogP contribution in [-0.2, 0) is 11.3 Å². The van der Waals surface area contributed by atoms with Gasteiger partial charge in [-0.05, 0) is 39.9 Å². The first-order valence-electron chi connectivity index (χ1n) is 6.73. The van der Waals surface area contributed by atoms with E-state index in [9.17, 15) is 0 Å². The first-order chi connectivity index (χ1) is 9.17. The van der Waals surface area contributed by atoms with Crippen LogP contribution in [0.5, 0.6) is 0 Å². The molecule has 0 aromatic carbocycles. The van der Waals surface area contributed by atoms with Crippen LogP contribution in [0.15, 0.2) is 6.07 Å². The van der Waals surface area contributed by atoms with E-state index in [0.29, 0.717) is 30.2 Å². The van der Waals surface area contributed by atoms with Crippen LogP contribution < -0.4 is 5.32 Å². The standard InChI is InChI=1S/C13H21ClN4O/c1-3-19-9-13-16-11(14)8-12(17-13)15-10-4-6-18(2)7-5-10/h8,10H,3-7,9H2,1-2H3,(H,15,16,17). The Morgan fingerprint density at radius 3 is 2.84 bits per heavy atom. The van der Waals surface area contributed by atoms with Crippen LogP contribution in [0.1, 0.15) is 25.6 Å². The number of hydrogen-bond donors (Lipinski definition) is 1. The normalized spacial score (nSPS) is 17.6. The Morgan fingerprint density at radius 1 is 1.42 bits per heavy atom. The zero-order chi connectivity index (χ0) is 13.7. The molecule has 1 N–H and O–H groups in total. The van der Waals surface area contributed by atoms with E-state index >= 15 is 0 Å². The largest absolute Gasteiger partial charge is 0.374 e. The number of rotatable bonds is 5. The van der Waals surface area contributed by atoms with Crippen LogP contribution >= 0.6 is 11.6 Å². The Morgan fingerprint density at radius 2 is 2.16 bits per heavy atom. The average molecular weight is 285 g/mol. The molecule has 5 nitrogen and oxygen atoms in total. The first-order valence-corrected chi connectivity index (χ1v) is 7.11. The van der Waals surface area contributed by atoms with Crippen molar-refractivity contribution in [2.75, 3.05) is 32.1 Å². The van der Waals surface area contributed by atoms with Gasteiger partial charge in [0.05, 0.1) is 0 Å². The van der Waals surface area contributed by atoms with Gasteiger partial charge < -0.3 is 15.0 Å². The van der Waals surface area contributed by atoms with Crippen molar-refractivity contribution in [2.24, 2.45) is 0 Å². The molecule has 1 fully saturated rings. The molecule has 19 heavy (non-hydrogen) atoms. The van der Waals surface area contributed by atoms with Gasteiger partial charge >= 0.3 is 0 Å². The summed E-state index contributed by atoms with van der Waals surface area (Å²) in [5.74, 6) is 1.43. The lowest BCUT2D eigenvalue weighted by molar-refractivity contribution is 0.128. The van der Waals surface area contributed by atoms with Gasteiger partial charge in [-0.25, -0.2) is 9.97 Å². The van der Waals surface area contributed by atoms with E-state index in [-0.39, 0.29) is 0 Å². The van der Waals surface area contributed by atoms with Crippen molar-refractivity contribution in [1.29, 1.82) is 0 Å². The van der Waals surface area contributed by atoms with E-state index in [1.807, 2.05) is 6.92 Å². The summed E-state index contributed by atoms with van der Waals surface area (Å²) in [5.41, 5.74) is 0. The Kier molecular flexibility index (Phi) is 5.36. The minimum Gasteiger partial charge on any atom is -0.374 e. The highest BCUT2D eigenvalue weighted by atomic mass is 35.5. The van der Waals surface area contributed by atoms with Gasteiger partial charge in [0.25, 0.3) is 0 Å². The molecule has 1 saturated heterocycles. The molecule has 0 bridgehead atoms. The summed E-state index contributed by atoms with van der Waals surface area (Å²) in [6.07, 6.45) is 2.25. The summed E-state index contributed by atoms with van der Waals surface area (Å²) in [7, 11) is 2.15. The number of likely N-dealkylation sites (tertiary alicyclic amines) is 1. The lowest BCUT2D eigenvalue weighted by atomic mass is 10.1. The molecule has 2 heterocycles. The Labute approximate surface area is 119 Å². The quantitative estimate of drug-likeness (QED) is 0.840. The highest BCUT2D eigenvalue weighted by Gasteiger charge is 2.17. The van der Waals surface area contributed by atoms with Crippen molar-refractivity contribution in [2.45, 2.75) is 32.4 Å². The highest BCUT2D eigenvalue weighted by Crippen LogP contribution is 2.17. The number of nitrogens with zero attached hydrogens (tertiary/aromatic N) is 3. The first kappa shape index (κ1) is 14.5. The predicted octanol–water partition coefficient (Wildman–Crippen LogP) is 2.17. The van der Waals surface area contributed by atoms with E-state index in [1.54, 1.807) is 6.07 Å². The Bertz CT molecular complexity index is 408. The molecule has 0 spiro atoms. The molecule has 6 heteroatoms. The fourth-order valence-electron chi connectivity index (χ4n) is 2.16. The molecule has 0 radical (unpaired) electrons. The van der Waals surface area contributed by atoms with Gasteiger partial charge in [0.15, 0.2) is 5.82 Å². The zero-order valence-corrected chi connectivity index (χ0v) is 12.3. The van der Waals surface area contributed by atoms with Crippen LogP contribution in [0.3, 0.4) is 0 Å². The molecule has 2 rings (SSSR count). The van der Waals surface area contributed by atoms with Crippen LogP contribution in [0.2, 0.25) is 5.15 Å². The van der Waals surface area contributed by atoms with E-state index in [4.69, 9.17) is 16.3 Å². The second kappa shape index (κ2) is 7.03. The lowest BCUT2D eigenvalue weighted by Crippen LogP contribution is -2.36. The number of nitrogens with one attached hydrogen (secondary N) is 1. The minimum absolute atomic E-state index is 0.402. The van der Waals surface area contributed by atoms with E-state index < -0.39 is 0 Å². The van der Waals surface area contributed by atoms with E-state index in [1.165, 1.54) is 0 Å². The molecule has 1 aliphatic heterocycles. The summed E-state index contributed by atoms with van der Waals surface area (Å²) in [5, 5.41) is 3.90. The maximum Gasteiger partial charge on any atom is 0.158 e. The molecule has 1 aliphatic rings. The summed E-state index contributed by atoms with van der Waals surface area (Å²) in [6, 6.07) is 2.23. The number of piperidine rings is 1. The van der Waals surface area contributed by atoms with Crippen LogP contribution in [-0.4, -0.2) is 47.7 Å². The zero-order valence-electron chi connectivity index (χ0n) is 11.5. The highest BCUT2D eigenvalue weighted by molar-refractivity contribution is 6.29. The Hall–Kier alpha value is -0.910. The summed E-state index contributed by atoms with van der Waals surface area (Å²) in [4.78, 5) is 10.9. The minimum atomic E-state index is 0.402. The monoisotopic (exact) mass is 284 g/mol. The van der Waals surface area contributed by atoms with Crippen molar-refractivity contribution in [3.63, 3.8) is 0 Å². The maximum absolute atomic E-state index is 6.01. The van der Waals surface area contributed by atoms with Gasteiger partial charge in [-0.1, -0.05) is 11.6 Å². The van der Waals surface area contributed by atoms with Gasteiger partial charge in [-0.3, -0.25) is 0 Å². The second-order valence-corrected chi connectivity index (χ2v) is 5.24. The fourth-order valence-corrected chi connectivity index (χ4v) is 2.36. The van der Waals surface area contributed by atoms with Crippen LogP contribution in [0.25, 0.3) is 0 Å². The van der Waals surface area contributed by atoms with Crippen molar-refractivity contribution >= 4 is 17.4 Å². The molecule has 0 saturated carbocycles. The van der Waals surface area contributed by atoms with Gasteiger partial charge in [-0.2, -0.15) is 0 Å². The van der Waals surface area contributed by atoms with E-state index in [0.717, 1.165) is 31.7 Å². The third-order valence-corrected chi connectivity index (χ3v) is 3.44.